The number of hydrogen-bond donors (Lipinski definition) is 2. The third-order valence-electron chi connectivity index (χ3n) is 3.00. The molecule has 0 fully saturated rings. The summed E-state index contributed by atoms with van der Waals surface area (Å²) in [4.78, 5) is 5.43. The van der Waals surface area contributed by atoms with Crippen molar-refractivity contribution < 1.29 is 4.74 Å². The minimum absolute atomic E-state index is 0.102. The van der Waals surface area contributed by atoms with Crippen LogP contribution in [0.4, 0.5) is 0 Å². The van der Waals surface area contributed by atoms with Crippen LogP contribution in [0.3, 0.4) is 0 Å². The predicted octanol–water partition coefficient (Wildman–Crippen LogP) is 3.84. The van der Waals surface area contributed by atoms with Crippen LogP contribution in [0.5, 0.6) is 5.75 Å². The second-order valence-corrected chi connectivity index (χ2v) is 5.83. The molecule has 0 saturated heterocycles. The highest BCUT2D eigenvalue weighted by Gasteiger charge is 2.14. The molecule has 0 aliphatic rings. The van der Waals surface area contributed by atoms with Crippen LogP contribution in [0.15, 0.2) is 24.3 Å². The fraction of sp³-hybridized carbons (Fsp3) is 0.375. The first-order valence-corrected chi connectivity index (χ1v) is 8.04. The molecule has 5 heteroatoms. The molecule has 2 rings (SSSR count). The number of ether oxygens (including phenoxy) is 1. The molecule has 2 aromatic rings. The monoisotopic (exact) mass is 303 g/mol. The maximum atomic E-state index is 7.67. The van der Waals surface area contributed by atoms with E-state index in [-0.39, 0.29) is 5.84 Å². The number of aromatic nitrogens is 1. The van der Waals surface area contributed by atoms with Crippen molar-refractivity contribution in [3.63, 3.8) is 0 Å². The molecule has 3 N–H and O–H groups in total. The van der Waals surface area contributed by atoms with Gasteiger partial charge in [-0.2, -0.15) is 0 Å². The Morgan fingerprint density at radius 3 is 2.52 bits per heavy atom. The van der Waals surface area contributed by atoms with Crippen molar-refractivity contribution in [3.05, 3.63) is 34.8 Å². The molecule has 0 atom stereocenters. The lowest BCUT2D eigenvalue weighted by Crippen LogP contribution is -2.11. The van der Waals surface area contributed by atoms with E-state index < -0.39 is 0 Å². The third kappa shape index (κ3) is 3.82. The lowest BCUT2D eigenvalue weighted by atomic mass is 10.2. The van der Waals surface area contributed by atoms with Gasteiger partial charge < -0.3 is 10.5 Å². The van der Waals surface area contributed by atoms with Crippen molar-refractivity contribution in [1.29, 1.82) is 5.41 Å². The Morgan fingerprint density at radius 2 is 1.95 bits per heavy atom. The van der Waals surface area contributed by atoms with E-state index >= 15 is 0 Å². The van der Waals surface area contributed by atoms with Gasteiger partial charge in [0.05, 0.1) is 17.2 Å². The maximum absolute atomic E-state index is 7.67. The highest BCUT2D eigenvalue weighted by Crippen LogP contribution is 2.29. The van der Waals surface area contributed by atoms with Crippen molar-refractivity contribution in [2.24, 2.45) is 5.73 Å². The molecule has 0 bridgehead atoms. The van der Waals surface area contributed by atoms with Crippen LogP contribution in [0.2, 0.25) is 0 Å². The minimum atomic E-state index is 0.102. The summed E-state index contributed by atoms with van der Waals surface area (Å²) in [5.41, 5.74) is 7.61. The molecule has 0 radical (unpaired) electrons. The summed E-state index contributed by atoms with van der Waals surface area (Å²) in [6.45, 7) is 4.91. The molecule has 4 nitrogen and oxygen atoms in total. The fourth-order valence-electron chi connectivity index (χ4n) is 2.01. The zero-order valence-electron chi connectivity index (χ0n) is 12.5. The Labute approximate surface area is 129 Å². The number of nitrogens with zero attached hydrogens (tertiary/aromatic N) is 1. The summed E-state index contributed by atoms with van der Waals surface area (Å²) in [6.07, 6.45) is 2.84. The zero-order valence-corrected chi connectivity index (χ0v) is 13.3. The molecule has 1 aromatic heterocycles. The van der Waals surface area contributed by atoms with Gasteiger partial charge in [0.1, 0.15) is 16.6 Å². The van der Waals surface area contributed by atoms with Gasteiger partial charge in [-0.05, 0) is 37.1 Å². The molecule has 112 valence electrons. The van der Waals surface area contributed by atoms with Gasteiger partial charge in [0.15, 0.2) is 0 Å². The molecule has 0 unspecified atom stereocenters. The van der Waals surface area contributed by atoms with Gasteiger partial charge in [0.2, 0.25) is 0 Å². The van der Waals surface area contributed by atoms with Gasteiger partial charge in [-0.1, -0.05) is 20.3 Å². The molecule has 0 amide bonds. The molecule has 1 aromatic carbocycles. The van der Waals surface area contributed by atoms with E-state index in [0.29, 0.717) is 0 Å². The van der Waals surface area contributed by atoms with Crippen molar-refractivity contribution in [2.75, 3.05) is 6.61 Å². The molecule has 1 heterocycles. The summed E-state index contributed by atoms with van der Waals surface area (Å²) >= 11 is 1.48. The number of nitrogens with one attached hydrogen (secondary N) is 1. The highest BCUT2D eigenvalue weighted by atomic mass is 32.1. The minimum Gasteiger partial charge on any atom is -0.494 e. The highest BCUT2D eigenvalue weighted by molar-refractivity contribution is 7.17. The van der Waals surface area contributed by atoms with Crippen LogP contribution >= 0.6 is 11.3 Å². The van der Waals surface area contributed by atoms with E-state index in [1.807, 2.05) is 24.3 Å². The third-order valence-corrected chi connectivity index (χ3v) is 4.18. The Hall–Kier alpha value is -1.88. The number of hydrogen-bond acceptors (Lipinski definition) is 4. The fourth-order valence-corrected chi connectivity index (χ4v) is 2.98. The summed E-state index contributed by atoms with van der Waals surface area (Å²) < 4.78 is 5.58. The number of rotatable bonds is 7. The van der Waals surface area contributed by atoms with E-state index in [9.17, 15) is 0 Å². The van der Waals surface area contributed by atoms with E-state index in [2.05, 4.69) is 18.8 Å². The van der Waals surface area contributed by atoms with Crippen molar-refractivity contribution >= 4 is 17.2 Å². The number of thiazole rings is 1. The largest absolute Gasteiger partial charge is 0.494 e. The quantitative estimate of drug-likeness (QED) is 0.603. The van der Waals surface area contributed by atoms with Gasteiger partial charge in [-0.15, -0.1) is 11.3 Å². The van der Waals surface area contributed by atoms with Crippen molar-refractivity contribution in [1.82, 2.24) is 4.98 Å². The number of nitrogen functional groups attached to an aromatic ring is 1. The van der Waals surface area contributed by atoms with Gasteiger partial charge in [-0.25, -0.2) is 4.98 Å². The van der Waals surface area contributed by atoms with Gasteiger partial charge in [0, 0.05) is 5.56 Å². The number of amidine groups is 1. The average molecular weight is 303 g/mol. The summed E-state index contributed by atoms with van der Waals surface area (Å²) in [5.74, 6) is 0.975. The topological polar surface area (TPSA) is 72.0 Å². The van der Waals surface area contributed by atoms with E-state index in [0.717, 1.165) is 52.8 Å². The molecule has 0 aliphatic carbocycles. The normalized spacial score (nSPS) is 10.6. The van der Waals surface area contributed by atoms with Crippen LogP contribution in [0.1, 0.15) is 37.3 Å². The smallest absolute Gasteiger partial charge is 0.135 e. The summed E-state index contributed by atoms with van der Waals surface area (Å²) in [7, 11) is 0. The Kier molecular flexibility index (Phi) is 5.33. The van der Waals surface area contributed by atoms with Gasteiger partial charge in [0.25, 0.3) is 0 Å². The SMILES string of the molecule is CCCOc1ccc(-c2nc(CCC)c(C(=N)N)s2)cc1. The average Bonchev–Trinajstić information content (AvgIpc) is 2.90. The molecular weight excluding hydrogens is 282 g/mol. The van der Waals surface area contributed by atoms with E-state index in [1.165, 1.54) is 11.3 Å². The first kappa shape index (κ1) is 15.5. The van der Waals surface area contributed by atoms with Crippen LogP contribution in [-0.4, -0.2) is 17.4 Å². The maximum Gasteiger partial charge on any atom is 0.135 e. The molecular formula is C16H21N3OS. The Bertz CT molecular complexity index is 604. The lowest BCUT2D eigenvalue weighted by Gasteiger charge is -2.04. The number of benzene rings is 1. The standard InChI is InChI=1S/C16H21N3OS/c1-3-5-13-14(15(17)18)21-16(19-13)11-6-8-12(9-7-11)20-10-4-2/h6-9H,3-5,10H2,1-2H3,(H3,17,18). The Balaban J connectivity index is 2.25. The van der Waals surface area contributed by atoms with E-state index in [4.69, 9.17) is 15.9 Å². The number of nitrogens with two attached hydrogens (primary N) is 1. The van der Waals surface area contributed by atoms with Crippen LogP contribution in [-0.2, 0) is 6.42 Å². The molecule has 0 saturated carbocycles. The van der Waals surface area contributed by atoms with Crippen molar-refractivity contribution in [3.8, 4) is 16.3 Å². The summed E-state index contributed by atoms with van der Waals surface area (Å²) in [6, 6.07) is 7.92. The lowest BCUT2D eigenvalue weighted by molar-refractivity contribution is 0.317. The van der Waals surface area contributed by atoms with Crippen molar-refractivity contribution in [2.45, 2.75) is 33.1 Å². The first-order chi connectivity index (χ1) is 10.2. The van der Waals surface area contributed by atoms with Crippen LogP contribution in [0, 0.1) is 5.41 Å². The predicted molar refractivity (Wildman–Crippen MR) is 88.3 cm³/mol. The molecule has 21 heavy (non-hydrogen) atoms. The van der Waals surface area contributed by atoms with E-state index in [1.54, 1.807) is 0 Å². The number of aryl methyl sites for hydroxylation is 1. The molecule has 0 aliphatic heterocycles. The molecule has 0 spiro atoms. The van der Waals surface area contributed by atoms with Crippen LogP contribution < -0.4 is 10.5 Å². The second-order valence-electron chi connectivity index (χ2n) is 4.83. The Morgan fingerprint density at radius 1 is 1.24 bits per heavy atom. The van der Waals surface area contributed by atoms with Crippen LogP contribution in [0.25, 0.3) is 10.6 Å². The first-order valence-electron chi connectivity index (χ1n) is 7.23. The van der Waals surface area contributed by atoms with Gasteiger partial charge >= 0.3 is 0 Å². The summed E-state index contributed by atoms with van der Waals surface area (Å²) in [5, 5.41) is 8.58. The van der Waals surface area contributed by atoms with Gasteiger partial charge in [-0.3, -0.25) is 5.41 Å². The second kappa shape index (κ2) is 7.22. The zero-order chi connectivity index (χ0) is 15.2.